The van der Waals surface area contributed by atoms with E-state index in [1.165, 1.54) is 12.1 Å². The van der Waals surface area contributed by atoms with Crippen LogP contribution in [0.3, 0.4) is 0 Å². The number of aromatic nitrogens is 1. The number of hydrogen-bond donors (Lipinski definition) is 1. The summed E-state index contributed by atoms with van der Waals surface area (Å²) in [7, 11) is 0. The number of carbonyl (C=O) groups excluding carboxylic acids is 2. The molecular formula is C18H17FN2O3. The Morgan fingerprint density at radius 1 is 1.42 bits per heavy atom. The highest BCUT2D eigenvalue weighted by Crippen LogP contribution is 2.37. The van der Waals surface area contributed by atoms with E-state index in [9.17, 15) is 14.0 Å². The zero-order valence-corrected chi connectivity index (χ0v) is 13.2. The monoisotopic (exact) mass is 328 g/mol. The van der Waals surface area contributed by atoms with Crippen LogP contribution in [0.1, 0.15) is 34.5 Å². The molecule has 2 aromatic rings. The second-order valence-electron chi connectivity index (χ2n) is 5.87. The molecule has 3 rings (SSSR count). The molecule has 0 aliphatic carbocycles. The molecule has 1 aliphatic rings. The molecule has 1 atom stereocenters. The molecular weight excluding hydrogens is 311 g/mol. The first-order chi connectivity index (χ1) is 11.5. The number of hydrogen-bond acceptors (Lipinski definition) is 4. The van der Waals surface area contributed by atoms with Gasteiger partial charge in [0.25, 0.3) is 5.91 Å². The summed E-state index contributed by atoms with van der Waals surface area (Å²) in [5, 5.41) is 0. The molecule has 0 fully saturated rings. The van der Waals surface area contributed by atoms with E-state index >= 15 is 0 Å². The second-order valence-corrected chi connectivity index (χ2v) is 5.87. The van der Waals surface area contributed by atoms with Crippen molar-refractivity contribution in [2.45, 2.75) is 32.3 Å². The maximum atomic E-state index is 14.4. The van der Waals surface area contributed by atoms with Crippen LogP contribution < -0.4 is 10.5 Å². The predicted molar refractivity (Wildman–Crippen MR) is 86.3 cm³/mol. The number of nitrogens with zero attached hydrogens (tertiary/aromatic N) is 1. The van der Waals surface area contributed by atoms with Crippen molar-refractivity contribution < 1.29 is 18.7 Å². The summed E-state index contributed by atoms with van der Waals surface area (Å²) in [6, 6.07) is 6.40. The van der Waals surface area contributed by atoms with Gasteiger partial charge in [-0.1, -0.05) is 12.1 Å². The van der Waals surface area contributed by atoms with Crippen molar-refractivity contribution in [2.24, 2.45) is 5.73 Å². The highest BCUT2D eigenvalue weighted by atomic mass is 19.1. The predicted octanol–water partition coefficient (Wildman–Crippen LogP) is 2.58. The van der Waals surface area contributed by atoms with E-state index in [1.54, 1.807) is 19.1 Å². The first-order valence-electron chi connectivity index (χ1n) is 7.70. The van der Waals surface area contributed by atoms with E-state index in [-0.39, 0.29) is 29.9 Å². The number of primary amides is 1. The Kier molecular flexibility index (Phi) is 4.29. The average Bonchev–Trinajstić information content (AvgIpc) is 2.54. The van der Waals surface area contributed by atoms with Gasteiger partial charge >= 0.3 is 0 Å². The Morgan fingerprint density at radius 2 is 2.21 bits per heavy atom. The minimum atomic E-state index is -0.715. The van der Waals surface area contributed by atoms with Crippen LogP contribution in [0.15, 0.2) is 24.3 Å². The molecule has 0 spiro atoms. The third-order valence-corrected chi connectivity index (χ3v) is 4.11. The van der Waals surface area contributed by atoms with Gasteiger partial charge in [0.15, 0.2) is 0 Å². The van der Waals surface area contributed by atoms with Crippen molar-refractivity contribution in [3.05, 3.63) is 46.9 Å². The van der Waals surface area contributed by atoms with Gasteiger partial charge in [-0.3, -0.25) is 4.79 Å². The minimum Gasteiger partial charge on any atom is -0.474 e. The molecule has 124 valence electrons. The van der Waals surface area contributed by atoms with Gasteiger partial charge < -0.3 is 15.3 Å². The molecule has 0 unspecified atom stereocenters. The molecule has 0 radical (unpaired) electrons. The molecule has 1 aliphatic heterocycles. The molecule has 1 aromatic carbocycles. The van der Waals surface area contributed by atoms with Crippen molar-refractivity contribution in [3.63, 3.8) is 0 Å². The van der Waals surface area contributed by atoms with Crippen LogP contribution >= 0.6 is 0 Å². The lowest BCUT2D eigenvalue weighted by molar-refractivity contribution is -0.109. The summed E-state index contributed by atoms with van der Waals surface area (Å²) in [6.45, 7) is 1.80. The second kappa shape index (κ2) is 6.39. The zero-order valence-electron chi connectivity index (χ0n) is 13.2. The number of fused-ring (bicyclic) bond motifs is 1. The number of ether oxygens (including phenoxy) is 1. The zero-order chi connectivity index (χ0) is 17.3. The Labute approximate surface area is 138 Å². The van der Waals surface area contributed by atoms with Crippen LogP contribution in [0.5, 0.6) is 5.88 Å². The molecule has 1 aromatic heterocycles. The molecule has 5 nitrogen and oxygen atoms in total. The number of carbonyl (C=O) groups is 2. The maximum absolute atomic E-state index is 14.4. The van der Waals surface area contributed by atoms with Crippen molar-refractivity contribution in [1.29, 1.82) is 0 Å². The smallest absolute Gasteiger partial charge is 0.267 e. The Hall–Kier alpha value is -2.76. The van der Waals surface area contributed by atoms with Gasteiger partial charge in [-0.05, 0) is 43.0 Å². The summed E-state index contributed by atoms with van der Waals surface area (Å²) in [4.78, 5) is 26.4. The van der Waals surface area contributed by atoms with Gasteiger partial charge in [0.2, 0.25) is 5.88 Å². The number of halogens is 1. The molecule has 24 heavy (non-hydrogen) atoms. The number of nitrogens with two attached hydrogens (primary N) is 1. The van der Waals surface area contributed by atoms with Gasteiger partial charge in [-0.15, -0.1) is 0 Å². The van der Waals surface area contributed by atoms with Crippen molar-refractivity contribution in [3.8, 4) is 17.0 Å². The average molecular weight is 328 g/mol. The van der Waals surface area contributed by atoms with Gasteiger partial charge in [0, 0.05) is 17.5 Å². The van der Waals surface area contributed by atoms with Gasteiger partial charge in [0.1, 0.15) is 23.9 Å². The highest BCUT2D eigenvalue weighted by Gasteiger charge is 2.26. The van der Waals surface area contributed by atoms with Crippen molar-refractivity contribution in [1.82, 2.24) is 4.98 Å². The third-order valence-electron chi connectivity index (χ3n) is 4.11. The van der Waals surface area contributed by atoms with Crippen LogP contribution in [0.4, 0.5) is 4.39 Å². The SMILES string of the molecule is Cc1ccc(-c2cc(C(N)=O)nc3c2CC[C@H](CC=O)O3)c(F)c1. The molecule has 0 saturated heterocycles. The molecule has 0 bridgehead atoms. The van der Waals surface area contributed by atoms with E-state index in [2.05, 4.69) is 4.98 Å². The Bertz CT molecular complexity index is 820. The van der Waals surface area contributed by atoms with E-state index in [1.807, 2.05) is 0 Å². The summed E-state index contributed by atoms with van der Waals surface area (Å²) in [5.41, 5.74) is 7.81. The van der Waals surface area contributed by atoms with E-state index in [0.717, 1.165) is 17.4 Å². The standard InChI is InChI=1S/C18H17FN2O3/c1-10-2-4-12(15(19)8-10)14-9-16(17(20)23)21-18-13(14)5-3-11(24-18)6-7-22/h2,4,7-9,11H,3,5-6H2,1H3,(H2,20,23)/t11-/m1/s1. The molecule has 0 saturated carbocycles. The quantitative estimate of drug-likeness (QED) is 0.875. The summed E-state index contributed by atoms with van der Waals surface area (Å²) in [6.07, 6.45) is 1.96. The first kappa shape index (κ1) is 16.1. The van der Waals surface area contributed by atoms with Crippen molar-refractivity contribution >= 4 is 12.2 Å². The number of aldehydes is 1. The first-order valence-corrected chi connectivity index (χ1v) is 7.70. The van der Waals surface area contributed by atoms with Crippen LogP contribution in [0.2, 0.25) is 0 Å². The van der Waals surface area contributed by atoms with Crippen LogP contribution in [-0.4, -0.2) is 23.3 Å². The largest absolute Gasteiger partial charge is 0.474 e. The Morgan fingerprint density at radius 3 is 2.88 bits per heavy atom. The number of aryl methyl sites for hydroxylation is 1. The number of benzene rings is 1. The fourth-order valence-corrected chi connectivity index (χ4v) is 2.89. The Balaban J connectivity index is 2.15. The van der Waals surface area contributed by atoms with Crippen LogP contribution in [0, 0.1) is 12.7 Å². The minimum absolute atomic E-state index is 0.00970. The lowest BCUT2D eigenvalue weighted by Crippen LogP contribution is -2.25. The lowest BCUT2D eigenvalue weighted by Gasteiger charge is -2.26. The number of amides is 1. The molecule has 6 heteroatoms. The maximum Gasteiger partial charge on any atom is 0.267 e. The fourth-order valence-electron chi connectivity index (χ4n) is 2.89. The van der Waals surface area contributed by atoms with E-state index in [0.29, 0.717) is 24.0 Å². The molecule has 1 amide bonds. The third kappa shape index (κ3) is 2.99. The lowest BCUT2D eigenvalue weighted by atomic mass is 9.93. The van der Waals surface area contributed by atoms with Crippen molar-refractivity contribution in [2.75, 3.05) is 0 Å². The summed E-state index contributed by atoms with van der Waals surface area (Å²) in [5.74, 6) is -0.846. The van der Waals surface area contributed by atoms with E-state index in [4.69, 9.17) is 10.5 Å². The number of rotatable bonds is 4. The topological polar surface area (TPSA) is 82.3 Å². The van der Waals surface area contributed by atoms with Gasteiger partial charge in [-0.2, -0.15) is 0 Å². The van der Waals surface area contributed by atoms with E-state index < -0.39 is 5.91 Å². The molecule has 2 heterocycles. The summed E-state index contributed by atoms with van der Waals surface area (Å²) >= 11 is 0. The van der Waals surface area contributed by atoms with Gasteiger partial charge in [0.05, 0.1) is 0 Å². The fraction of sp³-hybridized carbons (Fsp3) is 0.278. The summed E-state index contributed by atoms with van der Waals surface area (Å²) < 4.78 is 20.1. The molecule has 2 N–H and O–H groups in total. The normalized spacial score (nSPS) is 16.2. The van der Waals surface area contributed by atoms with Crippen LogP contribution in [0.25, 0.3) is 11.1 Å². The number of pyridine rings is 1. The van der Waals surface area contributed by atoms with Crippen LogP contribution in [-0.2, 0) is 11.2 Å². The highest BCUT2D eigenvalue weighted by molar-refractivity contribution is 5.93. The van der Waals surface area contributed by atoms with Gasteiger partial charge in [-0.25, -0.2) is 9.37 Å².